The van der Waals surface area contributed by atoms with Crippen LogP contribution in [0, 0.1) is 0 Å². The maximum absolute atomic E-state index is 9.26. The summed E-state index contributed by atoms with van der Waals surface area (Å²) in [6, 6.07) is 3.67. The molecule has 62 valence electrons. The molecule has 0 saturated heterocycles. The van der Waals surface area contributed by atoms with Gasteiger partial charge >= 0.3 is 0 Å². The summed E-state index contributed by atoms with van der Waals surface area (Å²) in [6.07, 6.45) is 3.00. The van der Waals surface area contributed by atoms with Crippen LogP contribution in [-0.4, -0.2) is 19.7 Å². The Labute approximate surface area is 69.5 Å². The first-order chi connectivity index (χ1) is 5.77. The Balaban J connectivity index is 2.60. The topological polar surface area (TPSA) is 50.4 Å². The van der Waals surface area contributed by atoms with Crippen molar-refractivity contribution in [2.75, 3.05) is 0 Å². The molecule has 0 aliphatic heterocycles. The molecule has 4 heteroatoms. The first kappa shape index (κ1) is 7.24. The van der Waals surface area contributed by atoms with Gasteiger partial charge < -0.3 is 5.11 Å². The third-order valence-electron chi connectivity index (χ3n) is 1.81. The van der Waals surface area contributed by atoms with E-state index in [0.717, 1.165) is 11.2 Å². The molecule has 0 aromatic carbocycles. The predicted molar refractivity (Wildman–Crippen MR) is 43.6 cm³/mol. The number of aliphatic hydroxyl groups is 1. The van der Waals surface area contributed by atoms with Crippen LogP contribution in [0.3, 0.4) is 0 Å². The van der Waals surface area contributed by atoms with Gasteiger partial charge in [0.25, 0.3) is 0 Å². The molecule has 2 aromatic heterocycles. The minimum atomic E-state index is -0.452. The van der Waals surface area contributed by atoms with Crippen LogP contribution < -0.4 is 0 Å². The van der Waals surface area contributed by atoms with E-state index in [1.165, 1.54) is 0 Å². The standard InChI is InChI=1S/C8H9N3O/c1-6(12)7-2-3-11-5-9-10-8(11)4-7/h2-6,12H,1H3. The van der Waals surface area contributed by atoms with Crippen molar-refractivity contribution in [3.05, 3.63) is 30.2 Å². The van der Waals surface area contributed by atoms with Gasteiger partial charge in [0, 0.05) is 6.20 Å². The first-order valence-electron chi connectivity index (χ1n) is 3.75. The minimum absolute atomic E-state index is 0.452. The van der Waals surface area contributed by atoms with Gasteiger partial charge in [-0.1, -0.05) is 0 Å². The average Bonchev–Trinajstić information content (AvgIpc) is 2.49. The number of aliphatic hydroxyl groups excluding tert-OH is 1. The van der Waals surface area contributed by atoms with Gasteiger partial charge in [0.2, 0.25) is 0 Å². The van der Waals surface area contributed by atoms with Crippen LogP contribution in [0.5, 0.6) is 0 Å². The van der Waals surface area contributed by atoms with Gasteiger partial charge in [-0.05, 0) is 24.6 Å². The van der Waals surface area contributed by atoms with Crippen LogP contribution in [-0.2, 0) is 0 Å². The van der Waals surface area contributed by atoms with Gasteiger partial charge in [0.1, 0.15) is 6.33 Å². The Morgan fingerprint density at radius 2 is 2.42 bits per heavy atom. The highest BCUT2D eigenvalue weighted by Crippen LogP contribution is 2.12. The number of aromatic nitrogens is 3. The first-order valence-corrected chi connectivity index (χ1v) is 3.75. The van der Waals surface area contributed by atoms with E-state index in [0.29, 0.717) is 0 Å². The average molecular weight is 163 g/mol. The summed E-state index contributed by atoms with van der Waals surface area (Å²) in [4.78, 5) is 0. The Hall–Kier alpha value is -1.42. The summed E-state index contributed by atoms with van der Waals surface area (Å²) in [5, 5.41) is 16.9. The van der Waals surface area contributed by atoms with E-state index in [9.17, 15) is 5.11 Å². The van der Waals surface area contributed by atoms with E-state index in [1.54, 1.807) is 17.7 Å². The molecule has 1 unspecified atom stereocenters. The SMILES string of the molecule is CC(O)c1ccn2cnnc2c1. The highest BCUT2D eigenvalue weighted by atomic mass is 16.3. The fourth-order valence-corrected chi connectivity index (χ4v) is 1.09. The molecular weight excluding hydrogens is 154 g/mol. The largest absolute Gasteiger partial charge is 0.389 e. The third-order valence-corrected chi connectivity index (χ3v) is 1.81. The van der Waals surface area contributed by atoms with Crippen molar-refractivity contribution >= 4 is 5.65 Å². The normalized spacial score (nSPS) is 13.5. The van der Waals surface area contributed by atoms with E-state index in [4.69, 9.17) is 0 Å². The molecule has 2 aromatic rings. The molecule has 0 aliphatic rings. The molecule has 1 N–H and O–H groups in total. The maximum atomic E-state index is 9.26. The fraction of sp³-hybridized carbons (Fsp3) is 0.250. The summed E-state index contributed by atoms with van der Waals surface area (Å²) >= 11 is 0. The smallest absolute Gasteiger partial charge is 0.160 e. The number of nitrogens with zero attached hydrogens (tertiary/aromatic N) is 3. The molecule has 4 nitrogen and oxygen atoms in total. The number of hydrogen-bond acceptors (Lipinski definition) is 3. The summed E-state index contributed by atoms with van der Waals surface area (Å²) in [5.74, 6) is 0. The second-order valence-electron chi connectivity index (χ2n) is 2.73. The van der Waals surface area contributed by atoms with Crippen LogP contribution in [0.1, 0.15) is 18.6 Å². The molecular formula is C8H9N3O. The van der Waals surface area contributed by atoms with Gasteiger partial charge in [-0.2, -0.15) is 0 Å². The second kappa shape index (κ2) is 2.57. The van der Waals surface area contributed by atoms with Crippen molar-refractivity contribution in [1.82, 2.24) is 14.6 Å². The van der Waals surface area contributed by atoms with Crippen LogP contribution >= 0.6 is 0 Å². The lowest BCUT2D eigenvalue weighted by Gasteiger charge is -2.02. The Bertz CT molecular complexity index is 394. The molecule has 0 amide bonds. The highest BCUT2D eigenvalue weighted by Gasteiger charge is 2.01. The molecule has 2 heterocycles. The van der Waals surface area contributed by atoms with Crippen molar-refractivity contribution in [2.45, 2.75) is 13.0 Å². The summed E-state index contributed by atoms with van der Waals surface area (Å²) in [7, 11) is 0. The van der Waals surface area contributed by atoms with Gasteiger partial charge in [-0.15, -0.1) is 10.2 Å². The Morgan fingerprint density at radius 1 is 1.58 bits per heavy atom. The quantitative estimate of drug-likeness (QED) is 0.676. The Morgan fingerprint density at radius 3 is 3.17 bits per heavy atom. The van der Waals surface area contributed by atoms with Crippen molar-refractivity contribution in [2.24, 2.45) is 0 Å². The lowest BCUT2D eigenvalue weighted by atomic mass is 10.2. The van der Waals surface area contributed by atoms with Crippen molar-refractivity contribution in [3.63, 3.8) is 0 Å². The van der Waals surface area contributed by atoms with E-state index in [2.05, 4.69) is 10.2 Å². The molecule has 2 rings (SSSR count). The molecule has 12 heavy (non-hydrogen) atoms. The van der Waals surface area contributed by atoms with Gasteiger partial charge in [-0.25, -0.2) is 0 Å². The van der Waals surface area contributed by atoms with Crippen molar-refractivity contribution < 1.29 is 5.11 Å². The van der Waals surface area contributed by atoms with Crippen LogP contribution in [0.25, 0.3) is 5.65 Å². The molecule has 0 fully saturated rings. The van der Waals surface area contributed by atoms with Crippen LogP contribution in [0.2, 0.25) is 0 Å². The molecule has 0 radical (unpaired) electrons. The third kappa shape index (κ3) is 1.06. The molecule has 0 aliphatic carbocycles. The molecule has 0 saturated carbocycles. The van der Waals surface area contributed by atoms with E-state index >= 15 is 0 Å². The number of rotatable bonds is 1. The zero-order valence-corrected chi connectivity index (χ0v) is 6.68. The second-order valence-corrected chi connectivity index (χ2v) is 2.73. The summed E-state index contributed by atoms with van der Waals surface area (Å²) in [5.41, 5.74) is 1.61. The fourth-order valence-electron chi connectivity index (χ4n) is 1.09. The number of fused-ring (bicyclic) bond motifs is 1. The zero-order valence-electron chi connectivity index (χ0n) is 6.68. The predicted octanol–water partition coefficient (Wildman–Crippen LogP) is 0.783. The molecule has 1 atom stereocenters. The van der Waals surface area contributed by atoms with Gasteiger partial charge in [0.05, 0.1) is 6.10 Å². The lowest BCUT2D eigenvalue weighted by Crippen LogP contribution is -1.92. The molecule has 0 spiro atoms. The van der Waals surface area contributed by atoms with Crippen LogP contribution in [0.4, 0.5) is 0 Å². The minimum Gasteiger partial charge on any atom is -0.389 e. The summed E-state index contributed by atoms with van der Waals surface area (Å²) in [6.45, 7) is 1.72. The number of hydrogen-bond donors (Lipinski definition) is 1. The van der Waals surface area contributed by atoms with E-state index < -0.39 is 6.10 Å². The van der Waals surface area contributed by atoms with Crippen LogP contribution in [0.15, 0.2) is 24.7 Å². The summed E-state index contributed by atoms with van der Waals surface area (Å²) < 4.78 is 1.80. The van der Waals surface area contributed by atoms with Gasteiger partial charge in [0.15, 0.2) is 5.65 Å². The van der Waals surface area contributed by atoms with Crippen molar-refractivity contribution in [3.8, 4) is 0 Å². The maximum Gasteiger partial charge on any atom is 0.160 e. The van der Waals surface area contributed by atoms with E-state index in [-0.39, 0.29) is 0 Å². The number of pyridine rings is 1. The van der Waals surface area contributed by atoms with Gasteiger partial charge in [-0.3, -0.25) is 4.40 Å². The Kier molecular flexibility index (Phi) is 1.55. The van der Waals surface area contributed by atoms with Crippen molar-refractivity contribution in [1.29, 1.82) is 0 Å². The molecule has 0 bridgehead atoms. The van der Waals surface area contributed by atoms with E-state index in [1.807, 2.05) is 18.3 Å². The highest BCUT2D eigenvalue weighted by molar-refractivity contribution is 5.40. The zero-order chi connectivity index (χ0) is 8.55. The monoisotopic (exact) mass is 163 g/mol. The lowest BCUT2D eigenvalue weighted by molar-refractivity contribution is 0.199.